The van der Waals surface area contributed by atoms with E-state index in [4.69, 9.17) is 0 Å². The molecule has 2 rings (SSSR count). The van der Waals surface area contributed by atoms with E-state index in [0.29, 0.717) is 0 Å². The normalized spacial score (nSPS) is 22.8. The van der Waals surface area contributed by atoms with Crippen LogP contribution in [0.25, 0.3) is 0 Å². The molecule has 0 fully saturated rings. The Morgan fingerprint density at radius 1 is 1.32 bits per heavy atom. The summed E-state index contributed by atoms with van der Waals surface area (Å²) in [4.78, 5) is 16.6. The predicted octanol–water partition coefficient (Wildman–Crippen LogP) is 2.31. The van der Waals surface area contributed by atoms with Crippen molar-refractivity contribution in [2.75, 3.05) is 11.5 Å². The second kappa shape index (κ2) is 6.75. The third kappa shape index (κ3) is 3.83. The summed E-state index contributed by atoms with van der Waals surface area (Å²) < 4.78 is 0. The molecule has 0 aromatic heterocycles. The molecule has 1 aliphatic heterocycles. The largest absolute Gasteiger partial charge is 0.346 e. The zero-order valence-electron chi connectivity index (χ0n) is 11.4. The highest BCUT2D eigenvalue weighted by atomic mass is 32.2. The van der Waals surface area contributed by atoms with E-state index in [2.05, 4.69) is 29.4 Å². The first-order chi connectivity index (χ1) is 9.20. The first-order valence-electron chi connectivity index (χ1n) is 6.67. The Kier molecular flexibility index (Phi) is 5.02. The van der Waals surface area contributed by atoms with Crippen LogP contribution in [0.2, 0.25) is 0 Å². The highest BCUT2D eigenvalue weighted by Gasteiger charge is 2.27. The van der Waals surface area contributed by atoms with E-state index < -0.39 is 0 Å². The molecule has 1 aromatic rings. The molecule has 0 saturated carbocycles. The fraction of sp³-hybridized carbons (Fsp3) is 0.467. The highest BCUT2D eigenvalue weighted by Crippen LogP contribution is 2.13. The second-order valence-electron chi connectivity index (χ2n) is 4.70. The minimum absolute atomic E-state index is 0.0396. The van der Waals surface area contributed by atoms with Crippen LogP contribution >= 0.6 is 11.8 Å². The SMILES string of the molecule is CCSC[C@@H]1N=C(C)[C@@H](Cc2ccccc2)NC1=O. The molecule has 0 radical (unpaired) electrons. The predicted molar refractivity (Wildman–Crippen MR) is 82.0 cm³/mol. The van der Waals surface area contributed by atoms with E-state index in [1.165, 1.54) is 5.56 Å². The molecule has 3 nitrogen and oxygen atoms in total. The van der Waals surface area contributed by atoms with Gasteiger partial charge in [0.25, 0.3) is 0 Å². The van der Waals surface area contributed by atoms with Gasteiger partial charge in [0.2, 0.25) is 5.91 Å². The van der Waals surface area contributed by atoms with Gasteiger partial charge in [-0.05, 0) is 24.7 Å². The summed E-state index contributed by atoms with van der Waals surface area (Å²) in [5.74, 6) is 1.86. The van der Waals surface area contributed by atoms with Gasteiger partial charge in [-0.2, -0.15) is 11.8 Å². The Labute approximate surface area is 118 Å². The van der Waals surface area contributed by atoms with Gasteiger partial charge < -0.3 is 5.32 Å². The maximum absolute atomic E-state index is 12.0. The van der Waals surface area contributed by atoms with Crippen molar-refractivity contribution in [1.82, 2.24) is 5.32 Å². The molecule has 1 aromatic carbocycles. The fourth-order valence-electron chi connectivity index (χ4n) is 2.16. The molecule has 102 valence electrons. The lowest BCUT2D eigenvalue weighted by Crippen LogP contribution is -2.51. The lowest BCUT2D eigenvalue weighted by Gasteiger charge is -2.27. The average Bonchev–Trinajstić information content (AvgIpc) is 2.42. The zero-order valence-corrected chi connectivity index (χ0v) is 12.2. The second-order valence-corrected chi connectivity index (χ2v) is 6.02. The molecule has 19 heavy (non-hydrogen) atoms. The van der Waals surface area contributed by atoms with Crippen LogP contribution in [0.4, 0.5) is 0 Å². The van der Waals surface area contributed by atoms with Crippen molar-refractivity contribution in [2.45, 2.75) is 32.4 Å². The number of hydrogen-bond acceptors (Lipinski definition) is 3. The van der Waals surface area contributed by atoms with Gasteiger partial charge in [0.15, 0.2) is 0 Å². The van der Waals surface area contributed by atoms with Crippen molar-refractivity contribution in [1.29, 1.82) is 0 Å². The summed E-state index contributed by atoms with van der Waals surface area (Å²) in [6.45, 7) is 4.11. The van der Waals surface area contributed by atoms with Crippen LogP contribution in [0.5, 0.6) is 0 Å². The van der Waals surface area contributed by atoms with Crippen molar-refractivity contribution >= 4 is 23.4 Å². The topological polar surface area (TPSA) is 41.5 Å². The van der Waals surface area contributed by atoms with E-state index >= 15 is 0 Å². The van der Waals surface area contributed by atoms with Gasteiger partial charge in [0.1, 0.15) is 6.04 Å². The first-order valence-corrected chi connectivity index (χ1v) is 7.82. The molecular formula is C15H20N2OS. The number of aliphatic imine (C=N–C) groups is 1. The standard InChI is InChI=1S/C15H20N2OS/c1-3-19-10-14-15(18)17-13(11(2)16-14)9-12-7-5-4-6-8-12/h4-8,13-14H,3,9-10H2,1-2H3,(H,17,18)/t13-,14+/m1/s1. The van der Waals surface area contributed by atoms with Gasteiger partial charge in [0.05, 0.1) is 6.04 Å². The van der Waals surface area contributed by atoms with Crippen molar-refractivity contribution in [3.8, 4) is 0 Å². The molecule has 2 atom stereocenters. The number of nitrogens with zero attached hydrogens (tertiary/aromatic N) is 1. The number of hydrogen-bond donors (Lipinski definition) is 1. The molecule has 0 bridgehead atoms. The Bertz CT molecular complexity index is 458. The molecule has 0 spiro atoms. The van der Waals surface area contributed by atoms with Crippen LogP contribution in [-0.2, 0) is 11.2 Å². The molecule has 1 heterocycles. The van der Waals surface area contributed by atoms with Crippen LogP contribution in [0.3, 0.4) is 0 Å². The lowest BCUT2D eigenvalue weighted by molar-refractivity contribution is -0.122. The van der Waals surface area contributed by atoms with Crippen molar-refractivity contribution in [3.63, 3.8) is 0 Å². The maximum Gasteiger partial charge on any atom is 0.246 e. The van der Waals surface area contributed by atoms with Crippen molar-refractivity contribution in [2.24, 2.45) is 4.99 Å². The Morgan fingerprint density at radius 3 is 2.74 bits per heavy atom. The molecule has 4 heteroatoms. The molecular weight excluding hydrogens is 256 g/mol. The van der Waals surface area contributed by atoms with Gasteiger partial charge >= 0.3 is 0 Å². The van der Waals surface area contributed by atoms with Crippen molar-refractivity contribution in [3.05, 3.63) is 35.9 Å². The third-order valence-corrected chi connectivity index (χ3v) is 4.21. The summed E-state index contributed by atoms with van der Waals surface area (Å²) in [7, 11) is 0. The average molecular weight is 276 g/mol. The summed E-state index contributed by atoms with van der Waals surface area (Å²) >= 11 is 1.76. The highest BCUT2D eigenvalue weighted by molar-refractivity contribution is 7.99. The third-order valence-electron chi connectivity index (χ3n) is 3.25. The number of rotatable bonds is 5. The minimum atomic E-state index is -0.211. The van der Waals surface area contributed by atoms with Gasteiger partial charge in [-0.25, -0.2) is 0 Å². The Balaban J connectivity index is 2.02. The number of thioether (sulfide) groups is 1. The molecule has 0 aliphatic carbocycles. The van der Waals surface area contributed by atoms with Crippen LogP contribution in [0, 0.1) is 0 Å². The van der Waals surface area contributed by atoms with E-state index in [1.807, 2.05) is 25.1 Å². The van der Waals surface area contributed by atoms with E-state index in [1.54, 1.807) is 11.8 Å². The molecule has 1 amide bonds. The number of carbonyl (C=O) groups is 1. The van der Waals surface area contributed by atoms with Gasteiger partial charge in [-0.3, -0.25) is 9.79 Å². The lowest BCUT2D eigenvalue weighted by atomic mass is 10.0. The smallest absolute Gasteiger partial charge is 0.246 e. The van der Waals surface area contributed by atoms with Crippen LogP contribution in [-0.4, -0.2) is 35.2 Å². The number of nitrogens with one attached hydrogen (secondary N) is 1. The van der Waals surface area contributed by atoms with E-state index in [-0.39, 0.29) is 18.0 Å². The van der Waals surface area contributed by atoms with Crippen LogP contribution in [0.1, 0.15) is 19.4 Å². The summed E-state index contributed by atoms with van der Waals surface area (Å²) in [5, 5.41) is 3.09. The maximum atomic E-state index is 12.0. The molecule has 0 saturated heterocycles. The quantitative estimate of drug-likeness (QED) is 0.896. The van der Waals surface area contributed by atoms with Crippen LogP contribution in [0.15, 0.2) is 35.3 Å². The Morgan fingerprint density at radius 2 is 2.05 bits per heavy atom. The van der Waals surface area contributed by atoms with E-state index in [9.17, 15) is 4.79 Å². The number of amides is 1. The summed E-state index contributed by atoms with van der Waals surface area (Å²) in [6.07, 6.45) is 0.815. The summed E-state index contributed by atoms with van der Waals surface area (Å²) in [6, 6.07) is 10.0. The van der Waals surface area contributed by atoms with Gasteiger partial charge in [0, 0.05) is 11.5 Å². The molecule has 0 unspecified atom stereocenters. The summed E-state index contributed by atoms with van der Waals surface area (Å²) in [5.41, 5.74) is 2.26. The van der Waals surface area contributed by atoms with Crippen molar-refractivity contribution < 1.29 is 4.79 Å². The minimum Gasteiger partial charge on any atom is -0.346 e. The van der Waals surface area contributed by atoms with Crippen LogP contribution < -0.4 is 5.32 Å². The van der Waals surface area contributed by atoms with Gasteiger partial charge in [-0.15, -0.1) is 0 Å². The molecule has 1 aliphatic rings. The van der Waals surface area contributed by atoms with E-state index in [0.717, 1.165) is 23.6 Å². The monoisotopic (exact) mass is 276 g/mol. The molecule has 1 N–H and O–H groups in total. The van der Waals surface area contributed by atoms with Gasteiger partial charge in [-0.1, -0.05) is 37.3 Å². The number of carbonyl (C=O) groups excluding carboxylic acids is 1. The first kappa shape index (κ1) is 14.1. The fourth-order valence-corrected chi connectivity index (χ4v) is 2.84. The zero-order chi connectivity index (χ0) is 13.7. The number of benzene rings is 1. The Hall–Kier alpha value is -1.29.